The molecule has 0 aromatic heterocycles. The first kappa shape index (κ1) is 22.0. The molecule has 152 valence electrons. The van der Waals surface area contributed by atoms with Gasteiger partial charge in [0.15, 0.2) is 0 Å². The van der Waals surface area contributed by atoms with E-state index < -0.39 is 0 Å². The van der Waals surface area contributed by atoms with Crippen LogP contribution in [-0.4, -0.2) is 32.5 Å². The SMILES string of the molecule is CNC(=O)CCCCCCNC(=O)c1ccc(N(C)c2ccccc2C#N)cc1. The number of rotatable bonds is 10. The van der Waals surface area contributed by atoms with Gasteiger partial charge in [0.05, 0.1) is 11.3 Å². The van der Waals surface area contributed by atoms with Crippen LogP contribution in [0.3, 0.4) is 0 Å². The van der Waals surface area contributed by atoms with Gasteiger partial charge in [0.1, 0.15) is 6.07 Å². The molecular weight excluding hydrogens is 364 g/mol. The minimum atomic E-state index is -0.0954. The molecule has 0 spiro atoms. The molecule has 0 heterocycles. The summed E-state index contributed by atoms with van der Waals surface area (Å²) in [5.41, 5.74) is 2.94. The molecule has 2 aromatic rings. The molecule has 0 unspecified atom stereocenters. The van der Waals surface area contributed by atoms with Crippen LogP contribution < -0.4 is 15.5 Å². The smallest absolute Gasteiger partial charge is 0.251 e. The van der Waals surface area contributed by atoms with Crippen molar-refractivity contribution in [2.75, 3.05) is 25.5 Å². The van der Waals surface area contributed by atoms with Crippen LogP contribution in [0.25, 0.3) is 0 Å². The van der Waals surface area contributed by atoms with Gasteiger partial charge in [0.2, 0.25) is 5.91 Å². The number of amides is 2. The normalized spacial score (nSPS) is 10.1. The van der Waals surface area contributed by atoms with E-state index in [2.05, 4.69) is 16.7 Å². The third-order valence-corrected chi connectivity index (χ3v) is 4.80. The summed E-state index contributed by atoms with van der Waals surface area (Å²) in [6.07, 6.45) is 4.29. The van der Waals surface area contributed by atoms with E-state index >= 15 is 0 Å². The second-order valence-electron chi connectivity index (χ2n) is 6.83. The summed E-state index contributed by atoms with van der Waals surface area (Å²) in [6.45, 7) is 0.621. The number of nitriles is 1. The van der Waals surface area contributed by atoms with E-state index in [9.17, 15) is 14.9 Å². The van der Waals surface area contributed by atoms with Crippen molar-refractivity contribution in [2.45, 2.75) is 32.1 Å². The van der Waals surface area contributed by atoms with E-state index in [4.69, 9.17) is 0 Å². The average Bonchev–Trinajstić information content (AvgIpc) is 2.77. The van der Waals surface area contributed by atoms with Crippen molar-refractivity contribution in [2.24, 2.45) is 0 Å². The van der Waals surface area contributed by atoms with Crippen LogP contribution in [0.5, 0.6) is 0 Å². The monoisotopic (exact) mass is 392 g/mol. The third kappa shape index (κ3) is 6.65. The summed E-state index contributed by atoms with van der Waals surface area (Å²) in [4.78, 5) is 25.4. The Balaban J connectivity index is 1.80. The van der Waals surface area contributed by atoms with Gasteiger partial charge in [-0.3, -0.25) is 9.59 Å². The predicted molar refractivity (Wildman–Crippen MR) is 115 cm³/mol. The zero-order valence-corrected chi connectivity index (χ0v) is 17.1. The number of unbranched alkanes of at least 4 members (excludes halogenated alkanes) is 3. The van der Waals surface area contributed by atoms with Crippen LogP contribution in [0.4, 0.5) is 11.4 Å². The lowest BCUT2D eigenvalue weighted by Crippen LogP contribution is -2.24. The summed E-state index contributed by atoms with van der Waals surface area (Å²) >= 11 is 0. The van der Waals surface area contributed by atoms with Crippen LogP contribution in [0, 0.1) is 11.3 Å². The summed E-state index contributed by atoms with van der Waals surface area (Å²) in [5, 5.41) is 14.8. The molecule has 2 amide bonds. The molecule has 0 fully saturated rings. The third-order valence-electron chi connectivity index (χ3n) is 4.80. The van der Waals surface area contributed by atoms with Gasteiger partial charge < -0.3 is 15.5 Å². The molecule has 6 heteroatoms. The van der Waals surface area contributed by atoms with Crippen LogP contribution in [0.15, 0.2) is 48.5 Å². The lowest BCUT2D eigenvalue weighted by molar-refractivity contribution is -0.120. The predicted octanol–water partition coefficient (Wildman–Crippen LogP) is 3.75. The number of benzene rings is 2. The molecule has 6 nitrogen and oxygen atoms in total. The van der Waals surface area contributed by atoms with E-state index in [1.165, 1.54) is 0 Å². The van der Waals surface area contributed by atoms with Gasteiger partial charge in [-0.15, -0.1) is 0 Å². The van der Waals surface area contributed by atoms with Gasteiger partial charge in [0.25, 0.3) is 5.91 Å². The maximum atomic E-state index is 12.3. The van der Waals surface area contributed by atoms with E-state index in [0.29, 0.717) is 24.1 Å². The second kappa shape index (κ2) is 11.5. The van der Waals surface area contributed by atoms with Gasteiger partial charge in [-0.05, 0) is 49.2 Å². The fourth-order valence-electron chi connectivity index (χ4n) is 3.03. The van der Waals surface area contributed by atoms with Crippen molar-refractivity contribution in [1.29, 1.82) is 5.26 Å². The minimum absolute atomic E-state index is 0.0727. The molecule has 0 aliphatic rings. The molecule has 2 rings (SSSR count). The maximum Gasteiger partial charge on any atom is 0.251 e. The van der Waals surface area contributed by atoms with Crippen molar-refractivity contribution in [1.82, 2.24) is 10.6 Å². The van der Waals surface area contributed by atoms with Crippen molar-refractivity contribution in [3.63, 3.8) is 0 Å². The highest BCUT2D eigenvalue weighted by molar-refractivity contribution is 5.94. The molecular formula is C23H28N4O2. The molecule has 0 bridgehead atoms. The summed E-state index contributed by atoms with van der Waals surface area (Å²) < 4.78 is 0. The molecule has 2 N–H and O–H groups in total. The Hall–Kier alpha value is -3.33. The van der Waals surface area contributed by atoms with Crippen molar-refractivity contribution in [3.05, 3.63) is 59.7 Å². The minimum Gasteiger partial charge on any atom is -0.359 e. The fraction of sp³-hybridized carbons (Fsp3) is 0.348. The Bertz CT molecular complexity index is 856. The van der Waals surface area contributed by atoms with Crippen molar-refractivity contribution >= 4 is 23.2 Å². The van der Waals surface area contributed by atoms with Gasteiger partial charge in [-0.1, -0.05) is 25.0 Å². The summed E-state index contributed by atoms with van der Waals surface area (Å²) in [5.74, 6) is -0.0227. The average molecular weight is 393 g/mol. The summed E-state index contributed by atoms with van der Waals surface area (Å²) in [7, 11) is 3.54. The molecule has 29 heavy (non-hydrogen) atoms. The molecule has 0 aliphatic heterocycles. The number of para-hydroxylation sites is 1. The Morgan fingerprint density at radius 1 is 1.00 bits per heavy atom. The molecule has 2 aromatic carbocycles. The first-order chi connectivity index (χ1) is 14.1. The highest BCUT2D eigenvalue weighted by Crippen LogP contribution is 2.26. The molecule has 0 saturated carbocycles. The first-order valence-electron chi connectivity index (χ1n) is 9.88. The largest absolute Gasteiger partial charge is 0.359 e. The van der Waals surface area contributed by atoms with Crippen LogP contribution >= 0.6 is 0 Å². The number of nitrogens with one attached hydrogen (secondary N) is 2. The van der Waals surface area contributed by atoms with Crippen LogP contribution in [0.2, 0.25) is 0 Å². The molecule has 0 atom stereocenters. The Kier molecular flexibility index (Phi) is 8.71. The zero-order chi connectivity index (χ0) is 21.1. The number of carbonyl (C=O) groups excluding carboxylic acids is 2. The quantitative estimate of drug-likeness (QED) is 0.603. The first-order valence-corrected chi connectivity index (χ1v) is 9.88. The fourth-order valence-corrected chi connectivity index (χ4v) is 3.03. The highest BCUT2D eigenvalue weighted by atomic mass is 16.2. The van der Waals surface area contributed by atoms with E-state index in [1.807, 2.05) is 42.3 Å². The highest BCUT2D eigenvalue weighted by Gasteiger charge is 2.10. The molecule has 0 radical (unpaired) electrons. The van der Waals surface area contributed by atoms with Gasteiger partial charge in [0, 0.05) is 38.3 Å². The van der Waals surface area contributed by atoms with E-state index in [0.717, 1.165) is 37.1 Å². The van der Waals surface area contributed by atoms with Gasteiger partial charge in [-0.25, -0.2) is 0 Å². The van der Waals surface area contributed by atoms with Gasteiger partial charge in [-0.2, -0.15) is 5.26 Å². The number of nitrogens with zero attached hydrogens (tertiary/aromatic N) is 2. The Morgan fingerprint density at radius 2 is 1.69 bits per heavy atom. The van der Waals surface area contributed by atoms with Gasteiger partial charge >= 0.3 is 0 Å². The second-order valence-corrected chi connectivity index (χ2v) is 6.83. The molecule has 0 aliphatic carbocycles. The number of anilines is 2. The Labute approximate surface area is 172 Å². The standard InChI is InChI=1S/C23H28N4O2/c1-25-22(28)11-5-3-4-8-16-26-23(29)18-12-14-20(15-13-18)27(2)21-10-7-6-9-19(21)17-24/h6-7,9-10,12-15H,3-5,8,11,16H2,1-2H3,(H,25,28)(H,26,29). The van der Waals surface area contributed by atoms with E-state index in [-0.39, 0.29) is 11.8 Å². The number of hydrogen-bond donors (Lipinski definition) is 2. The lowest BCUT2D eigenvalue weighted by Gasteiger charge is -2.20. The van der Waals surface area contributed by atoms with Crippen molar-refractivity contribution in [3.8, 4) is 6.07 Å². The maximum absolute atomic E-state index is 12.3. The van der Waals surface area contributed by atoms with Crippen molar-refractivity contribution < 1.29 is 9.59 Å². The molecule has 0 saturated heterocycles. The van der Waals surface area contributed by atoms with Crippen LogP contribution in [-0.2, 0) is 4.79 Å². The topological polar surface area (TPSA) is 85.2 Å². The van der Waals surface area contributed by atoms with E-state index in [1.54, 1.807) is 25.2 Å². The zero-order valence-electron chi connectivity index (χ0n) is 17.1. The summed E-state index contributed by atoms with van der Waals surface area (Å²) in [6, 6.07) is 17.0. The number of hydrogen-bond acceptors (Lipinski definition) is 4. The Morgan fingerprint density at radius 3 is 2.38 bits per heavy atom. The van der Waals surface area contributed by atoms with Crippen LogP contribution in [0.1, 0.15) is 48.0 Å². The lowest BCUT2D eigenvalue weighted by atomic mass is 10.1. The number of carbonyl (C=O) groups is 2.